The third-order valence-electron chi connectivity index (χ3n) is 2.11. The second-order valence-corrected chi connectivity index (χ2v) is 4.14. The van der Waals surface area contributed by atoms with Crippen molar-refractivity contribution in [3.8, 4) is 5.75 Å². The molecule has 0 aliphatic rings. The van der Waals surface area contributed by atoms with Crippen molar-refractivity contribution in [3.05, 3.63) is 29.6 Å². The summed E-state index contributed by atoms with van der Waals surface area (Å²) in [5, 5.41) is 0. The van der Waals surface area contributed by atoms with Crippen LogP contribution in [0.25, 0.3) is 0 Å². The summed E-state index contributed by atoms with van der Waals surface area (Å²) in [5.41, 5.74) is -0.545. The van der Waals surface area contributed by atoms with E-state index in [2.05, 4.69) is 20.7 Å². The number of halogens is 6. The van der Waals surface area contributed by atoms with Crippen molar-refractivity contribution in [2.45, 2.75) is 17.2 Å². The van der Waals surface area contributed by atoms with Gasteiger partial charge in [0.1, 0.15) is 16.4 Å². The van der Waals surface area contributed by atoms with Crippen LogP contribution in [0, 0.1) is 5.82 Å². The van der Waals surface area contributed by atoms with Gasteiger partial charge in [0, 0.05) is 11.6 Å². The average molecular weight is 319 g/mol. The molecule has 0 spiro atoms. The van der Waals surface area contributed by atoms with Gasteiger partial charge < -0.3 is 4.74 Å². The summed E-state index contributed by atoms with van der Waals surface area (Å²) in [5.74, 6) is -5.27. The van der Waals surface area contributed by atoms with Crippen molar-refractivity contribution in [2.75, 3.05) is 7.11 Å². The Morgan fingerprint density at radius 1 is 1.29 bits per heavy atom. The molecule has 0 aliphatic heterocycles. The minimum absolute atomic E-state index is 0.117. The molecule has 0 aromatic heterocycles. The molecule has 0 N–H and O–H groups in total. The van der Waals surface area contributed by atoms with Gasteiger partial charge in [0.05, 0.1) is 7.11 Å². The second-order valence-electron chi connectivity index (χ2n) is 3.23. The van der Waals surface area contributed by atoms with E-state index in [-0.39, 0.29) is 5.75 Å². The van der Waals surface area contributed by atoms with Crippen LogP contribution >= 0.6 is 15.9 Å². The SMILES string of the molecule is COc1ccc(C(Br)C(F)(F)C(F)F)c(F)c1. The molecule has 0 radical (unpaired) electrons. The summed E-state index contributed by atoms with van der Waals surface area (Å²) in [7, 11) is 1.27. The van der Waals surface area contributed by atoms with Crippen LogP contribution in [0.3, 0.4) is 0 Å². The van der Waals surface area contributed by atoms with Gasteiger partial charge in [-0.15, -0.1) is 0 Å². The highest BCUT2D eigenvalue weighted by Crippen LogP contribution is 2.43. The highest BCUT2D eigenvalue weighted by Gasteiger charge is 2.49. The van der Waals surface area contributed by atoms with Crippen LogP contribution in [-0.4, -0.2) is 19.5 Å². The number of benzene rings is 1. The number of ether oxygens (including phenoxy) is 1. The fraction of sp³-hybridized carbons (Fsp3) is 0.400. The molecule has 1 nitrogen and oxygen atoms in total. The zero-order valence-electron chi connectivity index (χ0n) is 8.56. The molecule has 0 saturated heterocycles. The summed E-state index contributed by atoms with van der Waals surface area (Å²) < 4.78 is 68.2. The molecule has 1 aromatic rings. The van der Waals surface area contributed by atoms with Crippen molar-refractivity contribution in [3.63, 3.8) is 0 Å². The van der Waals surface area contributed by atoms with Crippen molar-refractivity contribution in [1.82, 2.24) is 0 Å². The third kappa shape index (κ3) is 2.88. The summed E-state index contributed by atoms with van der Waals surface area (Å²) in [6.45, 7) is 0. The maximum atomic E-state index is 13.4. The van der Waals surface area contributed by atoms with Gasteiger partial charge in [-0.1, -0.05) is 22.0 Å². The molecule has 0 fully saturated rings. The molecular weight excluding hydrogens is 311 g/mol. The molecule has 1 rings (SSSR count). The standard InChI is InChI=1S/C10H8BrF5O/c1-17-5-2-3-6(7(12)4-5)8(11)10(15,16)9(13)14/h2-4,8-9H,1H3. The Hall–Kier alpha value is -0.850. The smallest absolute Gasteiger partial charge is 0.323 e. The maximum absolute atomic E-state index is 13.4. The summed E-state index contributed by atoms with van der Waals surface area (Å²) >= 11 is 2.39. The van der Waals surface area contributed by atoms with Crippen LogP contribution in [0.5, 0.6) is 5.75 Å². The highest BCUT2D eigenvalue weighted by molar-refractivity contribution is 9.09. The normalized spacial score (nSPS) is 13.9. The zero-order chi connectivity index (χ0) is 13.2. The summed E-state index contributed by atoms with van der Waals surface area (Å²) in [6.07, 6.45) is -3.88. The Labute approximate surface area is 103 Å². The molecule has 0 saturated carbocycles. The van der Waals surface area contributed by atoms with E-state index in [1.165, 1.54) is 13.2 Å². The lowest BCUT2D eigenvalue weighted by Gasteiger charge is -2.22. The molecule has 96 valence electrons. The van der Waals surface area contributed by atoms with E-state index < -0.39 is 28.6 Å². The lowest BCUT2D eigenvalue weighted by molar-refractivity contribution is -0.128. The lowest BCUT2D eigenvalue weighted by atomic mass is 10.1. The second kappa shape index (κ2) is 5.20. The van der Waals surface area contributed by atoms with Gasteiger partial charge in [0.2, 0.25) is 0 Å². The Morgan fingerprint density at radius 3 is 2.29 bits per heavy atom. The first-order chi connectivity index (χ1) is 7.80. The highest BCUT2D eigenvalue weighted by atomic mass is 79.9. The minimum atomic E-state index is -4.35. The number of alkyl halides is 5. The predicted molar refractivity (Wildman–Crippen MR) is 55.6 cm³/mol. The van der Waals surface area contributed by atoms with Crippen LogP contribution in [0.15, 0.2) is 18.2 Å². The first-order valence-electron chi connectivity index (χ1n) is 4.44. The van der Waals surface area contributed by atoms with Gasteiger partial charge in [0.25, 0.3) is 0 Å². The zero-order valence-corrected chi connectivity index (χ0v) is 10.1. The average Bonchev–Trinajstić information content (AvgIpc) is 2.27. The fourth-order valence-electron chi connectivity index (χ4n) is 1.16. The minimum Gasteiger partial charge on any atom is -0.497 e. The van der Waals surface area contributed by atoms with Crippen molar-refractivity contribution in [1.29, 1.82) is 0 Å². The quantitative estimate of drug-likeness (QED) is 0.598. The topological polar surface area (TPSA) is 9.23 Å². The predicted octanol–water partition coefficient (Wildman–Crippen LogP) is 4.17. The molecular formula is C10H8BrF5O. The van der Waals surface area contributed by atoms with Crippen molar-refractivity contribution < 1.29 is 26.7 Å². The van der Waals surface area contributed by atoms with E-state index in [0.29, 0.717) is 0 Å². The monoisotopic (exact) mass is 318 g/mol. The van der Waals surface area contributed by atoms with Gasteiger partial charge in [-0.25, -0.2) is 13.2 Å². The number of hydrogen-bond donors (Lipinski definition) is 0. The molecule has 0 heterocycles. The van der Waals surface area contributed by atoms with E-state index >= 15 is 0 Å². The number of hydrogen-bond acceptors (Lipinski definition) is 1. The van der Waals surface area contributed by atoms with Crippen molar-refractivity contribution in [2.24, 2.45) is 0 Å². The molecule has 0 aliphatic carbocycles. The maximum Gasteiger partial charge on any atom is 0.323 e. The Kier molecular flexibility index (Phi) is 4.35. The number of rotatable bonds is 4. The Balaban J connectivity index is 3.08. The van der Waals surface area contributed by atoms with E-state index in [0.717, 1.165) is 12.1 Å². The van der Waals surface area contributed by atoms with E-state index in [1.54, 1.807) is 0 Å². The van der Waals surface area contributed by atoms with Crippen LogP contribution in [0.1, 0.15) is 10.4 Å². The first kappa shape index (κ1) is 14.2. The van der Waals surface area contributed by atoms with E-state index in [1.807, 2.05) is 0 Å². The third-order valence-corrected chi connectivity index (χ3v) is 3.21. The number of methoxy groups -OCH3 is 1. The summed E-state index contributed by atoms with van der Waals surface area (Å²) in [4.78, 5) is -2.10. The van der Waals surface area contributed by atoms with Gasteiger partial charge >= 0.3 is 12.3 Å². The molecule has 1 unspecified atom stereocenters. The van der Waals surface area contributed by atoms with Gasteiger partial charge in [0.15, 0.2) is 0 Å². The van der Waals surface area contributed by atoms with Gasteiger partial charge in [-0.05, 0) is 6.07 Å². The van der Waals surface area contributed by atoms with Gasteiger partial charge in [-0.3, -0.25) is 0 Å². The van der Waals surface area contributed by atoms with Crippen LogP contribution in [-0.2, 0) is 0 Å². The Morgan fingerprint density at radius 2 is 1.88 bits per heavy atom. The molecule has 0 amide bonds. The van der Waals surface area contributed by atoms with E-state index in [4.69, 9.17) is 0 Å². The molecule has 1 aromatic carbocycles. The molecule has 1 atom stereocenters. The lowest BCUT2D eigenvalue weighted by Crippen LogP contribution is -2.31. The van der Waals surface area contributed by atoms with Crippen molar-refractivity contribution >= 4 is 15.9 Å². The van der Waals surface area contributed by atoms with Crippen LogP contribution < -0.4 is 4.74 Å². The first-order valence-corrected chi connectivity index (χ1v) is 5.35. The summed E-state index contributed by atoms with van der Waals surface area (Å²) in [6, 6.07) is 3.04. The van der Waals surface area contributed by atoms with Gasteiger partial charge in [-0.2, -0.15) is 8.78 Å². The van der Waals surface area contributed by atoms with Crippen LogP contribution in [0.2, 0.25) is 0 Å². The molecule has 0 bridgehead atoms. The largest absolute Gasteiger partial charge is 0.497 e. The molecule has 7 heteroatoms. The Bertz CT molecular complexity index is 396. The molecule has 17 heavy (non-hydrogen) atoms. The van der Waals surface area contributed by atoms with Crippen LogP contribution in [0.4, 0.5) is 22.0 Å². The fourth-order valence-corrected chi connectivity index (χ4v) is 1.73. The van der Waals surface area contributed by atoms with E-state index in [9.17, 15) is 22.0 Å².